The van der Waals surface area contributed by atoms with E-state index in [1.165, 1.54) is 7.11 Å². The van der Waals surface area contributed by atoms with Gasteiger partial charge in [-0.05, 0) is 25.5 Å². The van der Waals surface area contributed by atoms with Gasteiger partial charge >= 0.3 is 0 Å². The topological polar surface area (TPSA) is 75.8 Å². The first-order valence-corrected chi connectivity index (χ1v) is 5.87. The second-order valence-electron chi connectivity index (χ2n) is 4.97. The van der Waals surface area contributed by atoms with Gasteiger partial charge in [0.25, 0.3) is 5.91 Å². The largest absolute Gasteiger partial charge is 0.497 e. The summed E-state index contributed by atoms with van der Waals surface area (Å²) in [7, 11) is 1.53. The number of rotatable bonds is 2. The molecule has 0 bridgehead atoms. The van der Waals surface area contributed by atoms with Gasteiger partial charge in [0.15, 0.2) is 0 Å². The van der Waals surface area contributed by atoms with Gasteiger partial charge in [0.1, 0.15) is 5.75 Å². The maximum Gasteiger partial charge on any atom is 0.254 e. The molecule has 1 unspecified atom stereocenters. The Hall–Kier alpha value is -1.75. The van der Waals surface area contributed by atoms with Crippen molar-refractivity contribution in [3.8, 4) is 5.75 Å². The van der Waals surface area contributed by atoms with Crippen LogP contribution in [0.1, 0.15) is 23.7 Å². The SMILES string of the molecule is COc1cc(N)cc(C(=O)N2CCC(C)(O)C2)c1. The number of nitrogens with two attached hydrogens (primary N) is 1. The van der Waals surface area contributed by atoms with E-state index in [1.54, 1.807) is 30.0 Å². The van der Waals surface area contributed by atoms with Gasteiger partial charge < -0.3 is 20.5 Å². The average Bonchev–Trinajstić information content (AvgIpc) is 2.67. The van der Waals surface area contributed by atoms with Crippen molar-refractivity contribution in [2.45, 2.75) is 18.9 Å². The maximum atomic E-state index is 12.3. The van der Waals surface area contributed by atoms with E-state index in [9.17, 15) is 9.90 Å². The Balaban J connectivity index is 2.21. The molecule has 1 saturated heterocycles. The molecule has 3 N–H and O–H groups in total. The van der Waals surface area contributed by atoms with E-state index in [1.807, 2.05) is 0 Å². The molecular weight excluding hydrogens is 232 g/mol. The van der Waals surface area contributed by atoms with Gasteiger partial charge in [0.2, 0.25) is 0 Å². The Morgan fingerprint density at radius 3 is 2.78 bits per heavy atom. The second kappa shape index (κ2) is 4.49. The fourth-order valence-electron chi connectivity index (χ4n) is 2.16. The maximum absolute atomic E-state index is 12.3. The molecule has 0 radical (unpaired) electrons. The molecule has 1 amide bonds. The molecule has 0 aliphatic carbocycles. The van der Waals surface area contributed by atoms with Crippen molar-refractivity contribution < 1.29 is 14.6 Å². The molecule has 1 heterocycles. The Labute approximate surface area is 106 Å². The fraction of sp³-hybridized carbons (Fsp3) is 0.462. The fourth-order valence-corrected chi connectivity index (χ4v) is 2.16. The number of β-amino-alcohol motifs (C(OH)–C–C–N with tert-alkyl or cyclic N) is 1. The van der Waals surface area contributed by atoms with E-state index in [4.69, 9.17) is 10.5 Å². The molecule has 18 heavy (non-hydrogen) atoms. The molecule has 1 atom stereocenters. The van der Waals surface area contributed by atoms with Crippen molar-refractivity contribution in [1.82, 2.24) is 4.90 Å². The zero-order chi connectivity index (χ0) is 13.3. The number of methoxy groups -OCH3 is 1. The number of anilines is 1. The van der Waals surface area contributed by atoms with Gasteiger partial charge in [-0.15, -0.1) is 0 Å². The molecule has 1 aliphatic rings. The number of likely N-dealkylation sites (tertiary alicyclic amines) is 1. The summed E-state index contributed by atoms with van der Waals surface area (Å²) in [6, 6.07) is 4.94. The molecule has 2 rings (SSSR count). The summed E-state index contributed by atoms with van der Waals surface area (Å²) in [5.74, 6) is 0.433. The van der Waals surface area contributed by atoms with Crippen LogP contribution in [0.3, 0.4) is 0 Å². The van der Waals surface area contributed by atoms with Gasteiger partial charge in [-0.25, -0.2) is 0 Å². The third-order valence-corrected chi connectivity index (χ3v) is 3.15. The van der Waals surface area contributed by atoms with Crippen LogP contribution in [-0.4, -0.2) is 41.7 Å². The summed E-state index contributed by atoms with van der Waals surface area (Å²) in [5.41, 5.74) is 5.91. The number of nitrogens with zero attached hydrogens (tertiary/aromatic N) is 1. The Morgan fingerprint density at radius 2 is 2.22 bits per heavy atom. The van der Waals surface area contributed by atoms with E-state index in [0.717, 1.165) is 0 Å². The number of amides is 1. The van der Waals surface area contributed by atoms with E-state index in [2.05, 4.69) is 0 Å². The summed E-state index contributed by atoms with van der Waals surface area (Å²) < 4.78 is 5.09. The average molecular weight is 250 g/mol. The molecule has 5 heteroatoms. The van der Waals surface area contributed by atoms with Crippen LogP contribution in [0.5, 0.6) is 5.75 Å². The van der Waals surface area contributed by atoms with Crippen LogP contribution in [0.2, 0.25) is 0 Å². The van der Waals surface area contributed by atoms with E-state index in [-0.39, 0.29) is 5.91 Å². The summed E-state index contributed by atoms with van der Waals surface area (Å²) >= 11 is 0. The molecular formula is C13H18N2O3. The lowest BCUT2D eigenvalue weighted by molar-refractivity contribution is 0.0572. The third kappa shape index (κ3) is 2.56. The molecule has 1 aromatic carbocycles. The number of carbonyl (C=O) groups excluding carboxylic acids is 1. The molecule has 1 aliphatic heterocycles. The molecule has 5 nitrogen and oxygen atoms in total. The third-order valence-electron chi connectivity index (χ3n) is 3.15. The molecule has 0 spiro atoms. The molecule has 1 aromatic rings. The summed E-state index contributed by atoms with van der Waals surface area (Å²) in [6.45, 7) is 2.64. The highest BCUT2D eigenvalue weighted by atomic mass is 16.5. The van der Waals surface area contributed by atoms with Crippen molar-refractivity contribution >= 4 is 11.6 Å². The summed E-state index contributed by atoms with van der Waals surface area (Å²) in [6.07, 6.45) is 0.595. The lowest BCUT2D eigenvalue weighted by Gasteiger charge is -2.19. The Kier molecular flexibility index (Phi) is 3.17. The van der Waals surface area contributed by atoms with Crippen LogP contribution in [0.25, 0.3) is 0 Å². The standard InChI is InChI=1S/C13H18N2O3/c1-13(17)3-4-15(8-13)12(16)9-5-10(14)7-11(6-9)18-2/h5-7,17H,3-4,8,14H2,1-2H3. The van der Waals surface area contributed by atoms with Gasteiger partial charge in [-0.1, -0.05) is 0 Å². The van der Waals surface area contributed by atoms with Crippen LogP contribution in [0.15, 0.2) is 18.2 Å². The predicted molar refractivity (Wildman–Crippen MR) is 68.6 cm³/mol. The zero-order valence-corrected chi connectivity index (χ0v) is 10.6. The normalized spacial score (nSPS) is 23.2. The molecule has 0 saturated carbocycles. The Bertz CT molecular complexity index is 471. The van der Waals surface area contributed by atoms with Crippen LogP contribution in [0.4, 0.5) is 5.69 Å². The first kappa shape index (κ1) is 12.7. The highest BCUT2D eigenvalue weighted by molar-refractivity contribution is 5.95. The predicted octanol–water partition coefficient (Wildman–Crippen LogP) is 0.874. The number of hydrogen-bond acceptors (Lipinski definition) is 4. The zero-order valence-electron chi connectivity index (χ0n) is 10.6. The monoisotopic (exact) mass is 250 g/mol. The quantitative estimate of drug-likeness (QED) is 0.764. The highest BCUT2D eigenvalue weighted by Crippen LogP contribution is 2.24. The first-order valence-electron chi connectivity index (χ1n) is 5.87. The molecule has 0 aromatic heterocycles. The number of aliphatic hydroxyl groups is 1. The molecule has 98 valence electrons. The number of hydrogen-bond donors (Lipinski definition) is 2. The van der Waals surface area contributed by atoms with Crippen molar-refractivity contribution in [2.75, 3.05) is 25.9 Å². The minimum atomic E-state index is -0.792. The summed E-state index contributed by atoms with van der Waals surface area (Å²) in [5, 5.41) is 9.87. The number of benzene rings is 1. The highest BCUT2D eigenvalue weighted by Gasteiger charge is 2.34. The van der Waals surface area contributed by atoms with Crippen molar-refractivity contribution in [3.05, 3.63) is 23.8 Å². The van der Waals surface area contributed by atoms with Crippen molar-refractivity contribution in [2.24, 2.45) is 0 Å². The van der Waals surface area contributed by atoms with Gasteiger partial charge in [-0.3, -0.25) is 4.79 Å². The second-order valence-corrected chi connectivity index (χ2v) is 4.97. The van der Waals surface area contributed by atoms with Gasteiger partial charge in [-0.2, -0.15) is 0 Å². The number of nitrogen functional groups attached to an aromatic ring is 1. The minimum Gasteiger partial charge on any atom is -0.497 e. The van der Waals surface area contributed by atoms with E-state index < -0.39 is 5.60 Å². The first-order chi connectivity index (χ1) is 8.41. The number of carbonyl (C=O) groups is 1. The van der Waals surface area contributed by atoms with Crippen LogP contribution < -0.4 is 10.5 Å². The van der Waals surface area contributed by atoms with Crippen molar-refractivity contribution in [1.29, 1.82) is 0 Å². The van der Waals surface area contributed by atoms with E-state index in [0.29, 0.717) is 36.5 Å². The van der Waals surface area contributed by atoms with Gasteiger partial charge in [0.05, 0.1) is 12.7 Å². The van der Waals surface area contributed by atoms with E-state index >= 15 is 0 Å². The minimum absolute atomic E-state index is 0.127. The molecule has 1 fully saturated rings. The smallest absolute Gasteiger partial charge is 0.254 e. The number of ether oxygens (including phenoxy) is 1. The van der Waals surface area contributed by atoms with Crippen molar-refractivity contribution in [3.63, 3.8) is 0 Å². The van der Waals surface area contributed by atoms with Gasteiger partial charge in [0, 0.05) is 30.4 Å². The lowest BCUT2D eigenvalue weighted by Crippen LogP contribution is -2.33. The van der Waals surface area contributed by atoms with Crippen LogP contribution >= 0.6 is 0 Å². The van der Waals surface area contributed by atoms with Crippen LogP contribution in [-0.2, 0) is 0 Å². The van der Waals surface area contributed by atoms with Crippen LogP contribution in [0, 0.1) is 0 Å². The Morgan fingerprint density at radius 1 is 1.50 bits per heavy atom. The summed E-state index contributed by atoms with van der Waals surface area (Å²) in [4.78, 5) is 13.9. The lowest BCUT2D eigenvalue weighted by atomic mass is 10.1.